The van der Waals surface area contributed by atoms with Gasteiger partial charge in [0.2, 0.25) is 0 Å². The number of aryl methyl sites for hydroxylation is 1. The fourth-order valence-electron chi connectivity index (χ4n) is 3.35. The van der Waals surface area contributed by atoms with E-state index in [0.29, 0.717) is 36.2 Å². The Morgan fingerprint density at radius 3 is 2.40 bits per heavy atom. The number of benzene rings is 1. The quantitative estimate of drug-likeness (QED) is 0.346. The van der Waals surface area contributed by atoms with E-state index in [0.717, 1.165) is 25.7 Å². The first-order valence-corrected chi connectivity index (χ1v) is 11.8. The minimum Gasteiger partial charge on any atom is -0.357 e. The predicted octanol–water partition coefficient (Wildman–Crippen LogP) is 3.27. The first-order valence-electron chi connectivity index (χ1n) is 10.4. The molecule has 170 valence electrons. The van der Waals surface area contributed by atoms with Crippen molar-refractivity contribution in [3.63, 3.8) is 0 Å². The molecule has 1 aliphatic rings. The van der Waals surface area contributed by atoms with E-state index in [4.69, 9.17) is 0 Å². The predicted molar refractivity (Wildman–Crippen MR) is 113 cm³/mol. The summed E-state index contributed by atoms with van der Waals surface area (Å²) >= 11 is 0. The smallest absolute Gasteiger partial charge is 0.357 e. The minimum atomic E-state index is -5.25. The van der Waals surface area contributed by atoms with E-state index in [9.17, 15) is 21.6 Å². The van der Waals surface area contributed by atoms with Gasteiger partial charge >= 0.3 is 15.5 Å². The number of sulfonamides is 1. The van der Waals surface area contributed by atoms with Crippen molar-refractivity contribution in [2.45, 2.75) is 57.0 Å². The van der Waals surface area contributed by atoms with E-state index < -0.39 is 15.5 Å². The second-order valence-electron chi connectivity index (χ2n) is 7.33. The average molecular weight is 449 g/mol. The Kier molecular flexibility index (Phi) is 9.41. The molecular weight excluding hydrogens is 417 g/mol. The van der Waals surface area contributed by atoms with Crippen LogP contribution in [0.15, 0.2) is 35.3 Å². The van der Waals surface area contributed by atoms with E-state index in [1.54, 1.807) is 0 Å². The molecule has 30 heavy (non-hydrogen) atoms. The van der Waals surface area contributed by atoms with E-state index in [2.05, 4.69) is 27.8 Å². The number of piperidine rings is 1. The van der Waals surface area contributed by atoms with Gasteiger partial charge in [0.15, 0.2) is 5.96 Å². The fourth-order valence-corrected chi connectivity index (χ4v) is 4.34. The SMILES string of the molecule is CCNC(=NCCCCCc1ccccc1)NC1CCN(S(=O)(=O)C(F)(F)F)CC1. The second-order valence-corrected chi connectivity index (χ2v) is 9.25. The number of hydrogen-bond acceptors (Lipinski definition) is 3. The maximum absolute atomic E-state index is 12.7. The third-order valence-electron chi connectivity index (χ3n) is 5.01. The van der Waals surface area contributed by atoms with E-state index in [1.165, 1.54) is 5.56 Å². The molecule has 1 aromatic rings. The van der Waals surface area contributed by atoms with Gasteiger partial charge in [-0.15, -0.1) is 0 Å². The molecule has 6 nitrogen and oxygen atoms in total. The Hall–Kier alpha value is -1.81. The van der Waals surface area contributed by atoms with Crippen LogP contribution in [-0.2, 0) is 16.4 Å². The summed E-state index contributed by atoms with van der Waals surface area (Å²) in [6.45, 7) is 2.96. The van der Waals surface area contributed by atoms with Crippen molar-refractivity contribution in [3.8, 4) is 0 Å². The molecule has 0 saturated carbocycles. The molecule has 0 spiro atoms. The van der Waals surface area contributed by atoms with Crippen molar-refractivity contribution in [1.82, 2.24) is 14.9 Å². The summed E-state index contributed by atoms with van der Waals surface area (Å²) in [6, 6.07) is 10.2. The monoisotopic (exact) mass is 448 g/mol. The second kappa shape index (κ2) is 11.5. The molecule has 0 atom stereocenters. The summed E-state index contributed by atoms with van der Waals surface area (Å²) in [5.41, 5.74) is -3.92. The van der Waals surface area contributed by atoms with Crippen LogP contribution in [0, 0.1) is 0 Å². The summed E-state index contributed by atoms with van der Waals surface area (Å²) in [6.07, 6.45) is 4.75. The topological polar surface area (TPSA) is 73.8 Å². The van der Waals surface area contributed by atoms with Crippen molar-refractivity contribution in [3.05, 3.63) is 35.9 Å². The van der Waals surface area contributed by atoms with Gasteiger partial charge in [0.25, 0.3) is 0 Å². The molecule has 0 aliphatic carbocycles. The maximum Gasteiger partial charge on any atom is 0.511 e. The van der Waals surface area contributed by atoms with Gasteiger partial charge in [-0.3, -0.25) is 4.99 Å². The van der Waals surface area contributed by atoms with Gasteiger partial charge in [0.05, 0.1) is 0 Å². The van der Waals surface area contributed by atoms with Crippen LogP contribution in [0.5, 0.6) is 0 Å². The van der Waals surface area contributed by atoms with Crippen molar-refractivity contribution in [2.24, 2.45) is 4.99 Å². The van der Waals surface area contributed by atoms with Crippen LogP contribution in [0.25, 0.3) is 0 Å². The van der Waals surface area contributed by atoms with Crippen LogP contribution >= 0.6 is 0 Å². The van der Waals surface area contributed by atoms with Gasteiger partial charge in [-0.2, -0.15) is 17.5 Å². The summed E-state index contributed by atoms with van der Waals surface area (Å²) in [5, 5.41) is 6.36. The van der Waals surface area contributed by atoms with Crippen LogP contribution in [0.2, 0.25) is 0 Å². The molecule has 0 aromatic heterocycles. The zero-order chi connectivity index (χ0) is 22.0. The zero-order valence-electron chi connectivity index (χ0n) is 17.3. The summed E-state index contributed by atoms with van der Waals surface area (Å²) in [5.74, 6) is 0.623. The molecule has 1 aliphatic heterocycles. The lowest BCUT2D eigenvalue weighted by atomic mass is 10.1. The van der Waals surface area contributed by atoms with Crippen LogP contribution in [0.4, 0.5) is 13.2 Å². The Morgan fingerprint density at radius 1 is 1.13 bits per heavy atom. The highest BCUT2D eigenvalue weighted by molar-refractivity contribution is 7.90. The average Bonchev–Trinajstić information content (AvgIpc) is 2.71. The van der Waals surface area contributed by atoms with Gasteiger partial charge in [0.1, 0.15) is 0 Å². The van der Waals surface area contributed by atoms with Gasteiger partial charge in [-0.05, 0) is 44.6 Å². The minimum absolute atomic E-state index is 0.111. The van der Waals surface area contributed by atoms with Crippen LogP contribution in [0.1, 0.15) is 44.6 Å². The highest BCUT2D eigenvalue weighted by Crippen LogP contribution is 2.28. The number of halogens is 3. The Morgan fingerprint density at radius 2 is 1.80 bits per heavy atom. The standard InChI is InChI=1S/C20H31F3N4O2S/c1-2-24-19(25-14-8-4-7-11-17-9-5-3-6-10-17)26-18-12-15-27(16-13-18)30(28,29)20(21,22)23/h3,5-6,9-10,18H,2,4,7-8,11-16H2,1H3,(H2,24,25,26). The number of rotatable bonds is 9. The highest BCUT2D eigenvalue weighted by atomic mass is 32.2. The van der Waals surface area contributed by atoms with Gasteiger partial charge in [0, 0.05) is 32.2 Å². The fraction of sp³-hybridized carbons (Fsp3) is 0.650. The molecule has 0 unspecified atom stereocenters. The third-order valence-corrected chi connectivity index (χ3v) is 6.64. The normalized spacial score (nSPS) is 17.1. The molecule has 1 fully saturated rings. The summed E-state index contributed by atoms with van der Waals surface area (Å²) in [4.78, 5) is 4.54. The molecule has 10 heteroatoms. The maximum atomic E-state index is 12.7. The van der Waals surface area contributed by atoms with Crippen molar-refractivity contribution >= 4 is 16.0 Å². The lowest BCUT2D eigenvalue weighted by molar-refractivity contribution is -0.0494. The first-order chi connectivity index (χ1) is 14.2. The van der Waals surface area contributed by atoms with Crippen LogP contribution in [-0.4, -0.2) is 56.4 Å². The first kappa shape index (κ1) is 24.5. The van der Waals surface area contributed by atoms with E-state index in [1.807, 2.05) is 25.1 Å². The van der Waals surface area contributed by atoms with Crippen molar-refractivity contribution < 1.29 is 21.6 Å². The zero-order valence-corrected chi connectivity index (χ0v) is 18.1. The molecule has 0 radical (unpaired) electrons. The molecule has 1 heterocycles. The third kappa shape index (κ3) is 7.46. The largest absolute Gasteiger partial charge is 0.511 e. The Bertz CT molecular complexity index is 762. The molecule has 0 amide bonds. The Labute approximate surface area is 177 Å². The molecule has 1 aromatic carbocycles. The lowest BCUT2D eigenvalue weighted by Crippen LogP contribution is -2.51. The van der Waals surface area contributed by atoms with Gasteiger partial charge < -0.3 is 10.6 Å². The van der Waals surface area contributed by atoms with E-state index in [-0.39, 0.29) is 19.1 Å². The van der Waals surface area contributed by atoms with Crippen LogP contribution < -0.4 is 10.6 Å². The molecule has 1 saturated heterocycles. The summed E-state index contributed by atoms with van der Waals surface area (Å²) in [7, 11) is -5.25. The molecular formula is C20H31F3N4O2S. The molecule has 2 rings (SSSR count). The Balaban J connectivity index is 1.73. The number of aliphatic imine (C=N–C) groups is 1. The number of nitrogens with one attached hydrogen (secondary N) is 2. The number of alkyl halides is 3. The summed E-state index contributed by atoms with van der Waals surface area (Å²) < 4.78 is 61.5. The lowest BCUT2D eigenvalue weighted by Gasteiger charge is -2.32. The number of unbranched alkanes of at least 4 members (excludes halogenated alkanes) is 2. The van der Waals surface area contributed by atoms with Gasteiger partial charge in [-0.1, -0.05) is 36.8 Å². The number of guanidine groups is 1. The number of nitrogens with zero attached hydrogens (tertiary/aromatic N) is 2. The van der Waals surface area contributed by atoms with E-state index >= 15 is 0 Å². The highest BCUT2D eigenvalue weighted by Gasteiger charge is 2.50. The molecule has 2 N–H and O–H groups in total. The van der Waals surface area contributed by atoms with Gasteiger partial charge in [-0.25, -0.2) is 8.42 Å². The number of hydrogen-bond donors (Lipinski definition) is 2. The van der Waals surface area contributed by atoms with Crippen LogP contribution in [0.3, 0.4) is 0 Å². The van der Waals surface area contributed by atoms with Crippen molar-refractivity contribution in [1.29, 1.82) is 0 Å². The molecule has 0 bridgehead atoms. The van der Waals surface area contributed by atoms with Crippen molar-refractivity contribution in [2.75, 3.05) is 26.2 Å².